The van der Waals surface area contributed by atoms with Gasteiger partial charge in [-0.1, -0.05) is 6.08 Å². The van der Waals surface area contributed by atoms with Crippen LogP contribution >= 0.6 is 10.7 Å². The fraction of sp³-hybridized carbons (Fsp3) is 0.308. The van der Waals surface area contributed by atoms with E-state index in [9.17, 15) is 22.0 Å². The summed E-state index contributed by atoms with van der Waals surface area (Å²) in [6.45, 7) is 6.99. The summed E-state index contributed by atoms with van der Waals surface area (Å²) in [5, 5.41) is 0. The maximum Gasteiger partial charge on any atom is 0.262 e. The van der Waals surface area contributed by atoms with Gasteiger partial charge in [0, 0.05) is 23.3 Å². The molecule has 0 aliphatic rings. The summed E-state index contributed by atoms with van der Waals surface area (Å²) < 4.78 is 49.5. The molecule has 0 N–H and O–H groups in total. The van der Waals surface area contributed by atoms with Crippen LogP contribution in [0.2, 0.25) is 0 Å². The largest absolute Gasteiger partial charge is 0.332 e. The standard InChI is InChI=1S/C13H14ClF2NO3S/c1-4-5-17(8(2)3)13(18)9-6-10(15)11(16)7-12(9)21(14,19)20/h4,6-8H,1,5H2,2-3H3. The van der Waals surface area contributed by atoms with Crippen molar-refractivity contribution in [3.05, 3.63) is 42.0 Å². The average molecular weight is 338 g/mol. The first-order valence-electron chi connectivity index (χ1n) is 5.95. The van der Waals surface area contributed by atoms with Gasteiger partial charge in [0.25, 0.3) is 15.0 Å². The lowest BCUT2D eigenvalue weighted by Crippen LogP contribution is -2.37. The van der Waals surface area contributed by atoms with Crippen molar-refractivity contribution < 1.29 is 22.0 Å². The van der Waals surface area contributed by atoms with Crippen LogP contribution in [0.3, 0.4) is 0 Å². The SMILES string of the molecule is C=CCN(C(=O)c1cc(F)c(F)cc1S(=O)(=O)Cl)C(C)C. The van der Waals surface area contributed by atoms with Crippen LogP contribution in [0.15, 0.2) is 29.7 Å². The van der Waals surface area contributed by atoms with E-state index in [0.29, 0.717) is 12.1 Å². The highest BCUT2D eigenvalue weighted by atomic mass is 35.7. The van der Waals surface area contributed by atoms with Gasteiger partial charge in [0.05, 0.1) is 10.5 Å². The molecule has 116 valence electrons. The number of nitrogens with zero attached hydrogens (tertiary/aromatic N) is 1. The molecule has 0 saturated carbocycles. The molecule has 21 heavy (non-hydrogen) atoms. The van der Waals surface area contributed by atoms with Crippen molar-refractivity contribution in [3.63, 3.8) is 0 Å². The maximum absolute atomic E-state index is 13.4. The van der Waals surface area contributed by atoms with Gasteiger partial charge in [0.2, 0.25) is 0 Å². The van der Waals surface area contributed by atoms with E-state index in [1.807, 2.05) is 0 Å². The van der Waals surface area contributed by atoms with Crippen LogP contribution in [0.5, 0.6) is 0 Å². The van der Waals surface area contributed by atoms with Crippen LogP contribution < -0.4 is 0 Å². The Morgan fingerprint density at radius 3 is 2.33 bits per heavy atom. The fourth-order valence-electron chi connectivity index (χ4n) is 1.72. The second kappa shape index (κ2) is 6.53. The van der Waals surface area contributed by atoms with E-state index in [-0.39, 0.29) is 12.6 Å². The van der Waals surface area contributed by atoms with E-state index in [2.05, 4.69) is 6.58 Å². The van der Waals surface area contributed by atoms with Crippen molar-refractivity contribution in [2.75, 3.05) is 6.54 Å². The minimum atomic E-state index is -4.40. The van der Waals surface area contributed by atoms with Crippen LogP contribution in [-0.2, 0) is 9.05 Å². The zero-order chi connectivity index (χ0) is 16.4. The lowest BCUT2D eigenvalue weighted by Gasteiger charge is -2.26. The first-order chi connectivity index (χ1) is 9.59. The molecule has 1 rings (SSSR count). The summed E-state index contributed by atoms with van der Waals surface area (Å²) in [4.78, 5) is 12.9. The van der Waals surface area contributed by atoms with Gasteiger partial charge in [-0.3, -0.25) is 4.79 Å². The van der Waals surface area contributed by atoms with Crippen LogP contribution in [0.4, 0.5) is 8.78 Å². The van der Waals surface area contributed by atoms with Gasteiger partial charge in [-0.25, -0.2) is 17.2 Å². The average Bonchev–Trinajstić information content (AvgIpc) is 2.36. The molecule has 0 fully saturated rings. The molecule has 0 bridgehead atoms. The van der Waals surface area contributed by atoms with Crippen molar-refractivity contribution in [1.29, 1.82) is 0 Å². The lowest BCUT2D eigenvalue weighted by molar-refractivity contribution is 0.0724. The van der Waals surface area contributed by atoms with Gasteiger partial charge in [-0.15, -0.1) is 6.58 Å². The minimum Gasteiger partial charge on any atom is -0.332 e. The summed E-state index contributed by atoms with van der Waals surface area (Å²) in [5.41, 5.74) is -0.514. The number of rotatable bonds is 5. The second-order valence-corrected chi connectivity index (χ2v) is 7.07. The van der Waals surface area contributed by atoms with Gasteiger partial charge >= 0.3 is 0 Å². The summed E-state index contributed by atoms with van der Waals surface area (Å²) in [7, 11) is 0.786. The molecule has 0 heterocycles. The molecule has 1 aromatic rings. The Bertz CT molecular complexity index is 674. The fourth-order valence-corrected chi connectivity index (χ4v) is 2.76. The van der Waals surface area contributed by atoms with Crippen molar-refractivity contribution in [1.82, 2.24) is 4.90 Å². The Morgan fingerprint density at radius 1 is 1.38 bits per heavy atom. The van der Waals surface area contributed by atoms with Crippen molar-refractivity contribution >= 4 is 25.6 Å². The van der Waals surface area contributed by atoms with Crippen LogP contribution in [0, 0.1) is 11.6 Å². The molecule has 0 aliphatic carbocycles. The third-order valence-corrected chi connectivity index (χ3v) is 4.09. The van der Waals surface area contributed by atoms with Gasteiger partial charge < -0.3 is 4.90 Å². The van der Waals surface area contributed by atoms with E-state index < -0.39 is 37.1 Å². The topological polar surface area (TPSA) is 54.5 Å². The molecule has 0 atom stereocenters. The zero-order valence-corrected chi connectivity index (χ0v) is 13.0. The van der Waals surface area contributed by atoms with Crippen LogP contribution in [-0.4, -0.2) is 31.8 Å². The Hall–Kier alpha value is -1.47. The highest BCUT2D eigenvalue weighted by Gasteiger charge is 2.27. The zero-order valence-electron chi connectivity index (χ0n) is 11.4. The Kier molecular flexibility index (Phi) is 5.47. The highest BCUT2D eigenvalue weighted by Crippen LogP contribution is 2.25. The number of hydrogen-bond donors (Lipinski definition) is 0. The van der Waals surface area contributed by atoms with E-state index in [4.69, 9.17) is 10.7 Å². The normalized spacial score (nSPS) is 11.5. The quantitative estimate of drug-likeness (QED) is 0.613. The predicted octanol–water partition coefficient (Wildman–Crippen LogP) is 2.93. The van der Waals surface area contributed by atoms with Crippen LogP contribution in [0.25, 0.3) is 0 Å². The summed E-state index contributed by atoms with van der Waals surface area (Å²) in [6, 6.07) is 0.636. The van der Waals surface area contributed by atoms with Crippen molar-refractivity contribution in [2.45, 2.75) is 24.8 Å². The van der Waals surface area contributed by atoms with Crippen LogP contribution in [0.1, 0.15) is 24.2 Å². The lowest BCUT2D eigenvalue weighted by atomic mass is 10.1. The Balaban J connectivity index is 3.51. The smallest absolute Gasteiger partial charge is 0.262 e. The predicted molar refractivity (Wildman–Crippen MR) is 75.8 cm³/mol. The summed E-state index contributed by atoms with van der Waals surface area (Å²) >= 11 is 0. The molecular formula is C13H14ClF2NO3S. The minimum absolute atomic E-state index is 0.122. The molecule has 0 radical (unpaired) electrons. The summed E-state index contributed by atoms with van der Waals surface area (Å²) in [6.07, 6.45) is 1.44. The van der Waals surface area contributed by atoms with Gasteiger partial charge in [0.1, 0.15) is 0 Å². The monoisotopic (exact) mass is 337 g/mol. The van der Waals surface area contributed by atoms with Gasteiger partial charge in [0.15, 0.2) is 11.6 Å². The van der Waals surface area contributed by atoms with E-state index in [1.165, 1.54) is 11.0 Å². The number of carbonyl (C=O) groups excluding carboxylic acids is 1. The molecule has 0 unspecified atom stereocenters. The number of hydrogen-bond acceptors (Lipinski definition) is 3. The third-order valence-electron chi connectivity index (χ3n) is 2.73. The van der Waals surface area contributed by atoms with E-state index in [1.54, 1.807) is 13.8 Å². The molecule has 0 saturated heterocycles. The van der Waals surface area contributed by atoms with Gasteiger partial charge in [-0.05, 0) is 26.0 Å². The Labute approximate surface area is 126 Å². The number of carbonyl (C=O) groups is 1. The first kappa shape index (κ1) is 17.6. The van der Waals surface area contributed by atoms with Crippen molar-refractivity contribution in [3.8, 4) is 0 Å². The number of halogens is 3. The molecule has 1 amide bonds. The maximum atomic E-state index is 13.4. The molecule has 0 aromatic heterocycles. The van der Waals surface area contributed by atoms with Crippen molar-refractivity contribution in [2.24, 2.45) is 0 Å². The Morgan fingerprint density at radius 2 is 1.90 bits per heavy atom. The first-order valence-corrected chi connectivity index (χ1v) is 8.26. The highest BCUT2D eigenvalue weighted by molar-refractivity contribution is 8.13. The molecule has 1 aromatic carbocycles. The second-order valence-electron chi connectivity index (χ2n) is 4.54. The molecule has 0 spiro atoms. The van der Waals surface area contributed by atoms with Gasteiger partial charge in [-0.2, -0.15) is 0 Å². The van der Waals surface area contributed by atoms with E-state index >= 15 is 0 Å². The third kappa shape index (κ3) is 4.01. The molecular weight excluding hydrogens is 324 g/mol. The van der Waals surface area contributed by atoms with E-state index in [0.717, 1.165) is 0 Å². The number of benzene rings is 1. The number of amides is 1. The molecule has 0 aliphatic heterocycles. The molecule has 4 nitrogen and oxygen atoms in total. The summed E-state index contributed by atoms with van der Waals surface area (Å²) in [5.74, 6) is -3.50. The molecule has 8 heteroatoms.